The third-order valence-corrected chi connectivity index (χ3v) is 4.00. The summed E-state index contributed by atoms with van der Waals surface area (Å²) in [6.45, 7) is 6.23. The zero-order valence-electron chi connectivity index (χ0n) is 9.46. The highest BCUT2D eigenvalue weighted by Crippen LogP contribution is 2.59. The first kappa shape index (κ1) is 10.4. The van der Waals surface area contributed by atoms with Crippen LogP contribution < -0.4 is 0 Å². The van der Waals surface area contributed by atoms with Gasteiger partial charge in [-0.25, -0.2) is 0 Å². The van der Waals surface area contributed by atoms with Crippen molar-refractivity contribution in [1.82, 2.24) is 0 Å². The largest absolute Gasteiger partial charge is 0.363 e. The lowest BCUT2D eigenvalue weighted by Gasteiger charge is -2.42. The molecular formula is C11H20O3. The molecule has 1 N–H and O–H groups in total. The van der Waals surface area contributed by atoms with E-state index in [1.807, 2.05) is 0 Å². The Morgan fingerprint density at radius 1 is 1.36 bits per heavy atom. The molecule has 0 spiro atoms. The molecule has 82 valence electrons. The SMILES string of the molecule is COC1(O)CC2(C)CCC1(C(C)C)O2. The van der Waals surface area contributed by atoms with E-state index in [9.17, 15) is 5.11 Å². The van der Waals surface area contributed by atoms with E-state index < -0.39 is 11.4 Å². The predicted molar refractivity (Wildman–Crippen MR) is 52.9 cm³/mol. The molecule has 2 heterocycles. The maximum Gasteiger partial charge on any atom is 0.197 e. The van der Waals surface area contributed by atoms with Crippen LogP contribution in [0, 0.1) is 5.92 Å². The average molecular weight is 200 g/mol. The molecule has 2 bridgehead atoms. The van der Waals surface area contributed by atoms with Crippen molar-refractivity contribution in [2.24, 2.45) is 5.92 Å². The van der Waals surface area contributed by atoms with Gasteiger partial charge in [0.25, 0.3) is 0 Å². The molecule has 0 radical (unpaired) electrons. The predicted octanol–water partition coefficient (Wildman–Crippen LogP) is 1.69. The van der Waals surface area contributed by atoms with E-state index in [1.54, 1.807) is 7.11 Å². The summed E-state index contributed by atoms with van der Waals surface area (Å²) in [5, 5.41) is 10.4. The van der Waals surface area contributed by atoms with Gasteiger partial charge in [0.2, 0.25) is 0 Å². The van der Waals surface area contributed by atoms with E-state index in [4.69, 9.17) is 9.47 Å². The van der Waals surface area contributed by atoms with E-state index in [0.29, 0.717) is 6.42 Å². The lowest BCUT2D eigenvalue weighted by atomic mass is 9.72. The Hall–Kier alpha value is -0.120. The highest BCUT2D eigenvalue weighted by atomic mass is 16.7. The van der Waals surface area contributed by atoms with Crippen LogP contribution >= 0.6 is 0 Å². The Labute approximate surface area is 85.4 Å². The van der Waals surface area contributed by atoms with Gasteiger partial charge >= 0.3 is 0 Å². The third-order valence-electron chi connectivity index (χ3n) is 4.00. The van der Waals surface area contributed by atoms with Gasteiger partial charge in [-0.05, 0) is 25.7 Å². The number of rotatable bonds is 2. The van der Waals surface area contributed by atoms with Crippen LogP contribution in [0.5, 0.6) is 0 Å². The number of aliphatic hydroxyl groups is 1. The van der Waals surface area contributed by atoms with Crippen molar-refractivity contribution in [3.63, 3.8) is 0 Å². The number of methoxy groups -OCH3 is 1. The van der Waals surface area contributed by atoms with E-state index in [-0.39, 0.29) is 11.5 Å². The Bertz CT molecular complexity index is 253. The Morgan fingerprint density at radius 2 is 2.00 bits per heavy atom. The van der Waals surface area contributed by atoms with Crippen molar-refractivity contribution < 1.29 is 14.6 Å². The van der Waals surface area contributed by atoms with Crippen molar-refractivity contribution in [2.45, 2.75) is 57.0 Å². The lowest BCUT2D eigenvalue weighted by molar-refractivity contribution is -0.269. The maximum absolute atomic E-state index is 10.4. The van der Waals surface area contributed by atoms with Gasteiger partial charge in [-0.15, -0.1) is 0 Å². The van der Waals surface area contributed by atoms with Gasteiger partial charge in [0.05, 0.1) is 5.60 Å². The van der Waals surface area contributed by atoms with Gasteiger partial charge in [-0.1, -0.05) is 13.8 Å². The van der Waals surface area contributed by atoms with Gasteiger partial charge in [0.15, 0.2) is 5.79 Å². The molecule has 3 atom stereocenters. The van der Waals surface area contributed by atoms with Crippen LogP contribution in [0.1, 0.15) is 40.0 Å². The topological polar surface area (TPSA) is 38.7 Å². The second-order valence-corrected chi connectivity index (χ2v) is 5.26. The van der Waals surface area contributed by atoms with Crippen LogP contribution in [0.4, 0.5) is 0 Å². The fraction of sp³-hybridized carbons (Fsp3) is 1.00. The minimum atomic E-state index is -1.09. The molecule has 3 heteroatoms. The highest BCUT2D eigenvalue weighted by Gasteiger charge is 2.69. The first-order chi connectivity index (χ1) is 6.38. The summed E-state index contributed by atoms with van der Waals surface area (Å²) in [5.41, 5.74) is -0.675. The summed E-state index contributed by atoms with van der Waals surface area (Å²) in [5.74, 6) is -0.814. The lowest BCUT2D eigenvalue weighted by Crippen LogP contribution is -2.55. The fourth-order valence-corrected chi connectivity index (χ4v) is 3.15. The second-order valence-electron chi connectivity index (χ2n) is 5.26. The van der Waals surface area contributed by atoms with Crippen LogP contribution in [-0.4, -0.2) is 29.2 Å². The molecule has 0 aliphatic carbocycles. The molecule has 0 aromatic rings. The normalized spacial score (nSPS) is 51.9. The van der Waals surface area contributed by atoms with Crippen LogP contribution in [0.3, 0.4) is 0 Å². The molecule has 2 rings (SSSR count). The highest BCUT2D eigenvalue weighted by molar-refractivity contribution is 5.14. The zero-order valence-corrected chi connectivity index (χ0v) is 9.46. The standard InChI is InChI=1S/C11H20O3/c1-8(2)10-6-5-9(3,14-10)7-11(10,12)13-4/h8,12H,5-7H2,1-4H3. The molecule has 2 fully saturated rings. The van der Waals surface area contributed by atoms with Crippen molar-refractivity contribution in [1.29, 1.82) is 0 Å². The summed E-state index contributed by atoms with van der Waals surface area (Å²) in [7, 11) is 1.57. The van der Waals surface area contributed by atoms with E-state index in [0.717, 1.165) is 12.8 Å². The molecule has 0 aromatic heterocycles. The third kappa shape index (κ3) is 1.03. The van der Waals surface area contributed by atoms with Gasteiger partial charge in [-0.2, -0.15) is 0 Å². The fourth-order valence-electron chi connectivity index (χ4n) is 3.15. The Morgan fingerprint density at radius 3 is 2.36 bits per heavy atom. The quantitative estimate of drug-likeness (QED) is 0.689. The summed E-state index contributed by atoms with van der Waals surface area (Å²) in [6, 6.07) is 0. The number of fused-ring (bicyclic) bond motifs is 2. The van der Waals surface area contributed by atoms with E-state index in [1.165, 1.54) is 0 Å². The van der Waals surface area contributed by atoms with Crippen molar-refractivity contribution in [3.8, 4) is 0 Å². The minimum Gasteiger partial charge on any atom is -0.363 e. The molecule has 3 nitrogen and oxygen atoms in total. The first-order valence-corrected chi connectivity index (χ1v) is 5.35. The van der Waals surface area contributed by atoms with Crippen molar-refractivity contribution >= 4 is 0 Å². The van der Waals surface area contributed by atoms with Crippen molar-refractivity contribution in [3.05, 3.63) is 0 Å². The average Bonchev–Trinajstić information content (AvgIpc) is 2.54. The van der Waals surface area contributed by atoms with E-state index >= 15 is 0 Å². The zero-order chi connectivity index (χ0) is 10.6. The van der Waals surface area contributed by atoms with Gasteiger partial charge in [-0.3, -0.25) is 0 Å². The molecule has 14 heavy (non-hydrogen) atoms. The summed E-state index contributed by atoms with van der Waals surface area (Å²) >= 11 is 0. The van der Waals surface area contributed by atoms with Crippen LogP contribution in [0.15, 0.2) is 0 Å². The van der Waals surface area contributed by atoms with Gasteiger partial charge < -0.3 is 14.6 Å². The van der Waals surface area contributed by atoms with Crippen LogP contribution in [0.2, 0.25) is 0 Å². The summed E-state index contributed by atoms with van der Waals surface area (Å²) in [6.07, 6.45) is 2.51. The van der Waals surface area contributed by atoms with Crippen molar-refractivity contribution in [2.75, 3.05) is 7.11 Å². The number of hydrogen-bond donors (Lipinski definition) is 1. The molecule has 0 saturated carbocycles. The van der Waals surface area contributed by atoms with Gasteiger partial charge in [0.1, 0.15) is 5.60 Å². The molecule has 0 aromatic carbocycles. The Kier molecular flexibility index (Phi) is 2.02. The smallest absolute Gasteiger partial charge is 0.197 e. The number of hydrogen-bond acceptors (Lipinski definition) is 3. The summed E-state index contributed by atoms with van der Waals surface area (Å²) in [4.78, 5) is 0. The first-order valence-electron chi connectivity index (χ1n) is 5.35. The van der Waals surface area contributed by atoms with Gasteiger partial charge in [0, 0.05) is 13.5 Å². The summed E-state index contributed by atoms with van der Waals surface area (Å²) < 4.78 is 11.3. The van der Waals surface area contributed by atoms with E-state index in [2.05, 4.69) is 20.8 Å². The second kappa shape index (κ2) is 2.71. The molecule has 2 saturated heterocycles. The van der Waals surface area contributed by atoms with Crippen LogP contribution in [0.25, 0.3) is 0 Å². The molecule has 0 amide bonds. The minimum absolute atomic E-state index is 0.185. The Balaban J connectivity index is 2.39. The monoisotopic (exact) mass is 200 g/mol. The molecule has 2 aliphatic rings. The van der Waals surface area contributed by atoms with Crippen LogP contribution in [-0.2, 0) is 9.47 Å². The molecular weight excluding hydrogens is 180 g/mol. The molecule has 2 aliphatic heterocycles. The molecule has 3 unspecified atom stereocenters. The number of ether oxygens (including phenoxy) is 2. The maximum atomic E-state index is 10.4.